The van der Waals surface area contributed by atoms with Crippen LogP contribution in [0.1, 0.15) is 5.56 Å². The largest absolute Gasteiger partial charge is 0.466 e. The molecule has 12 heteroatoms. The van der Waals surface area contributed by atoms with Crippen molar-refractivity contribution in [1.29, 1.82) is 0 Å². The van der Waals surface area contributed by atoms with Gasteiger partial charge in [-0.3, -0.25) is 10.1 Å². The van der Waals surface area contributed by atoms with E-state index in [0.29, 0.717) is 6.08 Å². The summed E-state index contributed by atoms with van der Waals surface area (Å²) in [7, 11) is 1.84. The molecule has 0 bridgehead atoms. The number of ether oxygens (including phenoxy) is 2. The Labute approximate surface area is 137 Å². The van der Waals surface area contributed by atoms with E-state index in [4.69, 9.17) is 0 Å². The van der Waals surface area contributed by atoms with Gasteiger partial charge in [0, 0.05) is 6.07 Å². The number of anilines is 1. The Hall–Kier alpha value is -3.18. The van der Waals surface area contributed by atoms with Crippen molar-refractivity contribution in [3.05, 3.63) is 45.4 Å². The zero-order chi connectivity index (χ0) is 19.4. The van der Waals surface area contributed by atoms with Gasteiger partial charge in [0.25, 0.3) is 0 Å². The number of halogens is 4. The SMILES string of the molecule is COC(=O)/C=C(/Nc1cc(C(F)(F)F)cc([N+](=O)[O-])c1F)C(=O)OC. The Kier molecular flexibility index (Phi) is 6.03. The first kappa shape index (κ1) is 19.9. The number of rotatable bonds is 5. The van der Waals surface area contributed by atoms with Gasteiger partial charge < -0.3 is 14.8 Å². The Bertz CT molecular complexity index is 745. The first-order valence-corrected chi connectivity index (χ1v) is 6.21. The minimum absolute atomic E-state index is 0.00233. The number of nitro groups is 1. The van der Waals surface area contributed by atoms with Gasteiger partial charge in [-0.15, -0.1) is 0 Å². The Morgan fingerprint density at radius 1 is 1.24 bits per heavy atom. The Balaban J connectivity index is 3.50. The van der Waals surface area contributed by atoms with Crippen molar-refractivity contribution < 1.29 is 41.5 Å². The summed E-state index contributed by atoms with van der Waals surface area (Å²) in [5, 5.41) is 12.6. The quantitative estimate of drug-likeness (QED) is 0.280. The van der Waals surface area contributed by atoms with Crippen LogP contribution >= 0.6 is 0 Å². The molecule has 136 valence electrons. The maximum atomic E-state index is 14.1. The second kappa shape index (κ2) is 7.59. The second-order valence-electron chi connectivity index (χ2n) is 4.31. The first-order valence-electron chi connectivity index (χ1n) is 6.21. The monoisotopic (exact) mass is 366 g/mol. The van der Waals surface area contributed by atoms with Crippen LogP contribution in [-0.2, 0) is 25.2 Å². The molecule has 0 heterocycles. The predicted molar refractivity (Wildman–Crippen MR) is 73.8 cm³/mol. The van der Waals surface area contributed by atoms with Gasteiger partial charge in [0.1, 0.15) is 5.70 Å². The van der Waals surface area contributed by atoms with Crippen molar-refractivity contribution in [3.8, 4) is 0 Å². The van der Waals surface area contributed by atoms with E-state index in [0.717, 1.165) is 14.2 Å². The molecule has 0 saturated carbocycles. The van der Waals surface area contributed by atoms with E-state index in [-0.39, 0.29) is 12.1 Å². The summed E-state index contributed by atoms with van der Waals surface area (Å²) in [6.07, 6.45) is -4.54. The van der Waals surface area contributed by atoms with Gasteiger partial charge in [-0.05, 0) is 6.07 Å². The molecule has 0 saturated heterocycles. The normalized spacial score (nSPS) is 11.7. The topological polar surface area (TPSA) is 108 Å². The van der Waals surface area contributed by atoms with Gasteiger partial charge in [0.15, 0.2) is 0 Å². The lowest BCUT2D eigenvalue weighted by molar-refractivity contribution is -0.387. The summed E-state index contributed by atoms with van der Waals surface area (Å²) < 4.78 is 61.0. The molecule has 25 heavy (non-hydrogen) atoms. The van der Waals surface area contributed by atoms with Gasteiger partial charge in [-0.2, -0.15) is 17.6 Å². The molecule has 1 aromatic rings. The number of hydrogen-bond donors (Lipinski definition) is 1. The lowest BCUT2D eigenvalue weighted by Crippen LogP contribution is -2.17. The number of nitrogens with zero attached hydrogens (tertiary/aromatic N) is 1. The van der Waals surface area contributed by atoms with E-state index in [1.54, 1.807) is 0 Å². The van der Waals surface area contributed by atoms with Crippen LogP contribution in [0.25, 0.3) is 0 Å². The standard InChI is InChI=1S/C13H10F4N2O6/c1-24-10(20)5-8(12(21)25-2)18-7-3-6(13(15,16)17)4-9(11(7)14)19(22)23/h3-5,18H,1-2H3/b8-5+. The fraction of sp³-hybridized carbons (Fsp3) is 0.231. The molecule has 0 aliphatic rings. The third-order valence-electron chi connectivity index (χ3n) is 2.72. The van der Waals surface area contributed by atoms with Crippen molar-refractivity contribution in [2.45, 2.75) is 6.18 Å². The van der Waals surface area contributed by atoms with Crippen LogP contribution < -0.4 is 5.32 Å². The number of hydrogen-bond acceptors (Lipinski definition) is 7. The van der Waals surface area contributed by atoms with Crippen LogP contribution in [0.4, 0.5) is 28.9 Å². The second-order valence-corrected chi connectivity index (χ2v) is 4.31. The Morgan fingerprint density at radius 3 is 2.28 bits per heavy atom. The fourth-order valence-electron chi connectivity index (χ4n) is 1.57. The molecule has 8 nitrogen and oxygen atoms in total. The van der Waals surface area contributed by atoms with E-state index in [2.05, 4.69) is 9.47 Å². The minimum Gasteiger partial charge on any atom is -0.466 e. The van der Waals surface area contributed by atoms with Gasteiger partial charge >= 0.3 is 23.8 Å². The summed E-state index contributed by atoms with van der Waals surface area (Å²) in [5.74, 6) is -4.02. The smallest absolute Gasteiger partial charge is 0.416 e. The fourth-order valence-corrected chi connectivity index (χ4v) is 1.57. The summed E-state index contributed by atoms with van der Waals surface area (Å²) in [4.78, 5) is 32.1. The number of esters is 2. The van der Waals surface area contributed by atoms with E-state index < -0.39 is 51.5 Å². The third kappa shape index (κ3) is 4.89. The number of carbonyl (C=O) groups excluding carboxylic acids is 2. The highest BCUT2D eigenvalue weighted by Crippen LogP contribution is 2.36. The molecule has 0 unspecified atom stereocenters. The molecular weight excluding hydrogens is 356 g/mol. The van der Waals surface area contributed by atoms with Crippen molar-refractivity contribution in [2.24, 2.45) is 0 Å². The van der Waals surface area contributed by atoms with Crippen LogP contribution in [0.15, 0.2) is 23.9 Å². The molecule has 0 aromatic heterocycles. The van der Waals surface area contributed by atoms with Gasteiger partial charge in [0.05, 0.1) is 36.5 Å². The van der Waals surface area contributed by atoms with E-state index in [1.807, 2.05) is 5.32 Å². The Morgan fingerprint density at radius 2 is 1.84 bits per heavy atom. The number of carbonyl (C=O) groups is 2. The van der Waals surface area contributed by atoms with Crippen molar-refractivity contribution in [3.63, 3.8) is 0 Å². The minimum atomic E-state index is -5.02. The van der Waals surface area contributed by atoms with Crippen LogP contribution in [0.2, 0.25) is 0 Å². The molecule has 1 N–H and O–H groups in total. The van der Waals surface area contributed by atoms with E-state index in [1.165, 1.54) is 0 Å². The van der Waals surface area contributed by atoms with Crippen molar-refractivity contribution in [2.75, 3.05) is 19.5 Å². The molecule has 0 fully saturated rings. The van der Waals surface area contributed by atoms with E-state index >= 15 is 0 Å². The van der Waals surface area contributed by atoms with Crippen LogP contribution in [0, 0.1) is 15.9 Å². The maximum Gasteiger partial charge on any atom is 0.416 e. The number of nitrogens with one attached hydrogen (secondary N) is 1. The van der Waals surface area contributed by atoms with Gasteiger partial charge in [-0.25, -0.2) is 9.59 Å². The number of methoxy groups -OCH3 is 2. The summed E-state index contributed by atoms with van der Waals surface area (Å²) in [5.41, 5.74) is -4.85. The van der Waals surface area contributed by atoms with E-state index in [9.17, 15) is 37.3 Å². The third-order valence-corrected chi connectivity index (χ3v) is 2.72. The molecule has 0 atom stereocenters. The lowest BCUT2D eigenvalue weighted by atomic mass is 10.1. The molecule has 1 rings (SSSR count). The lowest BCUT2D eigenvalue weighted by Gasteiger charge is -2.13. The summed E-state index contributed by atoms with van der Waals surface area (Å²) >= 11 is 0. The summed E-state index contributed by atoms with van der Waals surface area (Å²) in [6.45, 7) is 0. The summed E-state index contributed by atoms with van der Waals surface area (Å²) in [6, 6.07) is 0.207. The highest BCUT2D eigenvalue weighted by atomic mass is 19.4. The van der Waals surface area contributed by atoms with Crippen LogP contribution in [-0.4, -0.2) is 31.1 Å². The molecular formula is C13H10F4N2O6. The molecule has 0 amide bonds. The molecule has 0 radical (unpaired) electrons. The van der Waals surface area contributed by atoms with Crippen LogP contribution in [0.3, 0.4) is 0 Å². The molecule has 0 aliphatic heterocycles. The first-order chi connectivity index (χ1) is 11.5. The van der Waals surface area contributed by atoms with Crippen molar-refractivity contribution in [1.82, 2.24) is 0 Å². The molecule has 0 spiro atoms. The number of alkyl halides is 3. The van der Waals surface area contributed by atoms with Gasteiger partial charge in [-0.1, -0.05) is 0 Å². The highest BCUT2D eigenvalue weighted by molar-refractivity contribution is 5.98. The average molecular weight is 366 g/mol. The highest BCUT2D eigenvalue weighted by Gasteiger charge is 2.35. The van der Waals surface area contributed by atoms with Crippen molar-refractivity contribution >= 4 is 23.3 Å². The number of nitro benzene ring substituents is 1. The average Bonchev–Trinajstić information content (AvgIpc) is 2.53. The molecule has 0 aliphatic carbocycles. The molecule has 1 aromatic carbocycles. The predicted octanol–water partition coefficient (Wildman–Crippen LogP) is 2.39. The maximum absolute atomic E-state index is 14.1. The zero-order valence-corrected chi connectivity index (χ0v) is 12.6. The number of benzene rings is 1. The zero-order valence-electron chi connectivity index (χ0n) is 12.6. The van der Waals surface area contributed by atoms with Gasteiger partial charge in [0.2, 0.25) is 5.82 Å². The van der Waals surface area contributed by atoms with Crippen LogP contribution in [0.5, 0.6) is 0 Å².